The summed E-state index contributed by atoms with van der Waals surface area (Å²) in [6.45, 7) is 0. The van der Waals surface area contributed by atoms with Crippen LogP contribution in [-0.4, -0.2) is 10.7 Å². The third-order valence-corrected chi connectivity index (χ3v) is 3.38. The maximum Gasteiger partial charge on any atom is 0.160 e. The van der Waals surface area contributed by atoms with Crippen molar-refractivity contribution in [3.8, 4) is 9.75 Å². The van der Waals surface area contributed by atoms with Gasteiger partial charge in [-0.1, -0.05) is 0 Å². The number of aldehydes is 1. The Balaban J connectivity index is 2.41. The highest BCUT2D eigenvalue weighted by atomic mass is 32.1. The predicted octanol–water partition coefficient (Wildman–Crippen LogP) is 2.68. The quantitative estimate of drug-likeness (QED) is 0.689. The van der Waals surface area contributed by atoms with E-state index in [2.05, 4.69) is 4.37 Å². The van der Waals surface area contributed by atoms with Gasteiger partial charge in [0.05, 0.1) is 9.75 Å². The van der Waals surface area contributed by atoms with Crippen LogP contribution < -0.4 is 0 Å². The molecular weight excluding hydrogens is 190 g/mol. The Morgan fingerprint density at radius 3 is 2.75 bits per heavy atom. The summed E-state index contributed by atoms with van der Waals surface area (Å²) < 4.78 is 3.99. The molecule has 60 valence electrons. The molecule has 0 saturated heterocycles. The van der Waals surface area contributed by atoms with E-state index >= 15 is 0 Å². The van der Waals surface area contributed by atoms with Crippen LogP contribution in [0, 0.1) is 0 Å². The molecule has 2 rings (SSSR count). The molecule has 12 heavy (non-hydrogen) atoms. The Labute approximate surface area is 77.7 Å². The number of aromatic nitrogens is 1. The lowest BCUT2D eigenvalue weighted by Crippen LogP contribution is -1.62. The van der Waals surface area contributed by atoms with Gasteiger partial charge < -0.3 is 0 Å². The van der Waals surface area contributed by atoms with Crippen LogP contribution in [-0.2, 0) is 0 Å². The average Bonchev–Trinajstić information content (AvgIpc) is 2.75. The molecule has 0 saturated carbocycles. The van der Waals surface area contributed by atoms with Crippen molar-refractivity contribution in [2.75, 3.05) is 0 Å². The SMILES string of the molecule is O=Cc1ccc(-c2ccns2)s1. The molecule has 0 unspecified atom stereocenters. The first-order valence-electron chi connectivity index (χ1n) is 3.36. The summed E-state index contributed by atoms with van der Waals surface area (Å²) in [4.78, 5) is 13.4. The highest BCUT2D eigenvalue weighted by Gasteiger charge is 2.02. The van der Waals surface area contributed by atoms with Gasteiger partial charge in [-0.05, 0) is 29.7 Å². The van der Waals surface area contributed by atoms with Gasteiger partial charge in [0, 0.05) is 11.1 Å². The number of nitrogens with zero attached hydrogens (tertiary/aromatic N) is 1. The highest BCUT2D eigenvalue weighted by Crippen LogP contribution is 2.29. The number of rotatable bonds is 2. The van der Waals surface area contributed by atoms with Crippen LogP contribution in [0.1, 0.15) is 9.67 Å². The molecule has 0 atom stereocenters. The van der Waals surface area contributed by atoms with Crippen LogP contribution in [0.3, 0.4) is 0 Å². The summed E-state index contributed by atoms with van der Waals surface area (Å²) in [6.07, 6.45) is 2.63. The molecule has 0 aromatic carbocycles. The van der Waals surface area contributed by atoms with E-state index in [0.717, 1.165) is 20.9 Å². The van der Waals surface area contributed by atoms with Crippen molar-refractivity contribution < 1.29 is 4.79 Å². The normalized spacial score (nSPS) is 10.0. The van der Waals surface area contributed by atoms with Gasteiger partial charge in [-0.15, -0.1) is 11.3 Å². The third-order valence-electron chi connectivity index (χ3n) is 1.42. The summed E-state index contributed by atoms with van der Waals surface area (Å²) in [5.74, 6) is 0. The molecule has 2 aromatic rings. The fourth-order valence-electron chi connectivity index (χ4n) is 0.891. The van der Waals surface area contributed by atoms with E-state index < -0.39 is 0 Å². The van der Waals surface area contributed by atoms with E-state index in [-0.39, 0.29) is 0 Å². The summed E-state index contributed by atoms with van der Waals surface area (Å²) in [5.41, 5.74) is 0. The molecule has 0 aliphatic heterocycles. The molecule has 2 heterocycles. The van der Waals surface area contributed by atoms with Gasteiger partial charge in [0.25, 0.3) is 0 Å². The highest BCUT2D eigenvalue weighted by molar-refractivity contribution is 7.20. The Bertz CT molecular complexity index is 377. The summed E-state index contributed by atoms with van der Waals surface area (Å²) in [7, 11) is 0. The summed E-state index contributed by atoms with van der Waals surface area (Å²) in [5, 5.41) is 0. The molecule has 2 aromatic heterocycles. The standard InChI is InChI=1S/C8H5NOS2/c10-5-6-1-2-7(11-6)8-3-4-9-12-8/h1-5H. The van der Waals surface area contributed by atoms with E-state index in [9.17, 15) is 4.79 Å². The number of thiophene rings is 1. The van der Waals surface area contributed by atoms with E-state index in [1.807, 2.05) is 18.2 Å². The van der Waals surface area contributed by atoms with Gasteiger partial charge in [-0.2, -0.15) is 0 Å². The molecule has 0 fully saturated rings. The van der Waals surface area contributed by atoms with Crippen LogP contribution in [0.25, 0.3) is 9.75 Å². The number of carbonyl (C=O) groups excluding carboxylic acids is 1. The van der Waals surface area contributed by atoms with Gasteiger partial charge in [-0.25, -0.2) is 4.37 Å². The Morgan fingerprint density at radius 1 is 1.25 bits per heavy atom. The summed E-state index contributed by atoms with van der Waals surface area (Å²) in [6, 6.07) is 5.72. The molecule has 0 radical (unpaired) electrons. The average molecular weight is 195 g/mol. The van der Waals surface area contributed by atoms with Crippen molar-refractivity contribution in [2.24, 2.45) is 0 Å². The topological polar surface area (TPSA) is 30.0 Å². The Kier molecular flexibility index (Phi) is 2.01. The van der Waals surface area contributed by atoms with Crippen LogP contribution >= 0.6 is 22.9 Å². The first-order valence-corrected chi connectivity index (χ1v) is 4.95. The number of hydrogen-bond donors (Lipinski definition) is 0. The molecule has 4 heteroatoms. The molecule has 0 aliphatic rings. The molecule has 0 bridgehead atoms. The second-order valence-corrected chi connectivity index (χ2v) is 4.15. The second-order valence-electron chi connectivity index (χ2n) is 2.20. The minimum atomic E-state index is 0.762. The lowest BCUT2D eigenvalue weighted by atomic mass is 10.4. The first-order chi connectivity index (χ1) is 5.90. The number of carbonyl (C=O) groups is 1. The van der Waals surface area contributed by atoms with E-state index in [4.69, 9.17) is 0 Å². The molecule has 0 spiro atoms. The minimum absolute atomic E-state index is 0.762. The Morgan fingerprint density at radius 2 is 2.17 bits per heavy atom. The van der Waals surface area contributed by atoms with Gasteiger partial charge in [-0.3, -0.25) is 4.79 Å². The van der Waals surface area contributed by atoms with Gasteiger partial charge >= 0.3 is 0 Å². The van der Waals surface area contributed by atoms with Crippen LogP contribution in [0.4, 0.5) is 0 Å². The van der Waals surface area contributed by atoms with Gasteiger partial charge in [0.15, 0.2) is 6.29 Å². The molecule has 0 aliphatic carbocycles. The molecule has 2 nitrogen and oxygen atoms in total. The smallest absolute Gasteiger partial charge is 0.160 e. The number of hydrogen-bond acceptors (Lipinski definition) is 4. The Hall–Kier alpha value is -1.00. The lowest BCUT2D eigenvalue weighted by Gasteiger charge is -1.84. The molecule has 0 N–H and O–H groups in total. The van der Waals surface area contributed by atoms with E-state index in [1.54, 1.807) is 6.20 Å². The zero-order chi connectivity index (χ0) is 8.39. The van der Waals surface area contributed by atoms with Crippen molar-refractivity contribution in [1.29, 1.82) is 0 Å². The van der Waals surface area contributed by atoms with Crippen molar-refractivity contribution in [2.45, 2.75) is 0 Å². The van der Waals surface area contributed by atoms with E-state index in [1.165, 1.54) is 22.9 Å². The van der Waals surface area contributed by atoms with E-state index in [0.29, 0.717) is 0 Å². The maximum atomic E-state index is 10.4. The van der Waals surface area contributed by atoms with Crippen LogP contribution in [0.5, 0.6) is 0 Å². The first kappa shape index (κ1) is 7.64. The monoisotopic (exact) mass is 195 g/mol. The lowest BCUT2D eigenvalue weighted by molar-refractivity contribution is 0.112. The fourth-order valence-corrected chi connectivity index (χ4v) is 2.39. The largest absolute Gasteiger partial charge is 0.297 e. The van der Waals surface area contributed by atoms with Gasteiger partial charge in [0.1, 0.15) is 0 Å². The summed E-state index contributed by atoms with van der Waals surface area (Å²) >= 11 is 2.94. The fraction of sp³-hybridized carbons (Fsp3) is 0. The molecule has 0 amide bonds. The second kappa shape index (κ2) is 3.16. The van der Waals surface area contributed by atoms with Crippen LogP contribution in [0.15, 0.2) is 24.4 Å². The third kappa shape index (κ3) is 1.31. The zero-order valence-corrected chi connectivity index (χ0v) is 7.69. The van der Waals surface area contributed by atoms with Crippen LogP contribution in [0.2, 0.25) is 0 Å². The zero-order valence-electron chi connectivity index (χ0n) is 6.06. The minimum Gasteiger partial charge on any atom is -0.297 e. The molecular formula is C8H5NOS2. The van der Waals surface area contributed by atoms with Crippen molar-refractivity contribution in [1.82, 2.24) is 4.37 Å². The predicted molar refractivity (Wildman–Crippen MR) is 50.8 cm³/mol. The van der Waals surface area contributed by atoms with Crippen molar-refractivity contribution >= 4 is 29.2 Å². The maximum absolute atomic E-state index is 10.4. The van der Waals surface area contributed by atoms with Crippen molar-refractivity contribution in [3.05, 3.63) is 29.3 Å². The van der Waals surface area contributed by atoms with Gasteiger partial charge in [0.2, 0.25) is 0 Å². The van der Waals surface area contributed by atoms with Crippen molar-refractivity contribution in [3.63, 3.8) is 0 Å².